The van der Waals surface area contributed by atoms with Gasteiger partial charge in [-0.25, -0.2) is 0 Å². The van der Waals surface area contributed by atoms with Crippen LogP contribution in [0.3, 0.4) is 0 Å². The van der Waals surface area contributed by atoms with E-state index in [0.29, 0.717) is 24.3 Å². The minimum absolute atomic E-state index is 0.478. The topological polar surface area (TPSA) is 30.5 Å². The van der Waals surface area contributed by atoms with Crippen LogP contribution in [0.1, 0.15) is 45.4 Å². The van der Waals surface area contributed by atoms with Crippen LogP contribution >= 0.6 is 0 Å². The van der Waals surface area contributed by atoms with E-state index in [1.165, 1.54) is 38.5 Å². The minimum atomic E-state index is 0.478. The number of hydrogen-bond acceptors (Lipinski definition) is 3. The Morgan fingerprint density at radius 1 is 1.44 bits per heavy atom. The molecule has 2 aliphatic heterocycles. The maximum Gasteiger partial charge on any atom is 0.0733 e. The summed E-state index contributed by atoms with van der Waals surface area (Å²) < 4.78 is 11.2. The second-order valence-electron chi connectivity index (χ2n) is 5.18. The van der Waals surface area contributed by atoms with Gasteiger partial charge < -0.3 is 14.8 Å². The normalized spacial score (nSPS) is 34.5. The number of rotatable bonds is 7. The minimum Gasteiger partial charge on any atom is -0.383 e. The van der Waals surface area contributed by atoms with Crippen LogP contribution < -0.4 is 5.32 Å². The van der Waals surface area contributed by atoms with E-state index in [-0.39, 0.29) is 0 Å². The lowest BCUT2D eigenvalue weighted by Gasteiger charge is -2.26. The van der Waals surface area contributed by atoms with Gasteiger partial charge >= 0.3 is 0 Å². The molecule has 2 saturated heterocycles. The van der Waals surface area contributed by atoms with Gasteiger partial charge in [-0.3, -0.25) is 0 Å². The van der Waals surface area contributed by atoms with Crippen molar-refractivity contribution in [3.8, 4) is 0 Å². The summed E-state index contributed by atoms with van der Waals surface area (Å²) in [4.78, 5) is 0. The van der Waals surface area contributed by atoms with Crippen LogP contribution in [0.15, 0.2) is 0 Å². The molecule has 16 heavy (non-hydrogen) atoms. The number of methoxy groups -OCH3 is 1. The smallest absolute Gasteiger partial charge is 0.0733 e. The van der Waals surface area contributed by atoms with Crippen LogP contribution in [-0.4, -0.2) is 38.0 Å². The van der Waals surface area contributed by atoms with Gasteiger partial charge in [0.2, 0.25) is 0 Å². The summed E-state index contributed by atoms with van der Waals surface area (Å²) in [5, 5.41) is 3.73. The maximum absolute atomic E-state index is 5.87. The third-order valence-corrected chi connectivity index (χ3v) is 3.83. The van der Waals surface area contributed by atoms with Crippen molar-refractivity contribution in [2.45, 2.75) is 69.7 Å². The van der Waals surface area contributed by atoms with Crippen molar-refractivity contribution in [3.63, 3.8) is 0 Å². The zero-order chi connectivity index (χ0) is 11.4. The van der Waals surface area contributed by atoms with E-state index >= 15 is 0 Å². The molecule has 4 atom stereocenters. The average Bonchev–Trinajstić information content (AvgIpc) is 2.88. The second-order valence-corrected chi connectivity index (χ2v) is 5.18. The molecule has 2 aliphatic rings. The average molecular weight is 227 g/mol. The molecule has 0 aromatic rings. The number of nitrogens with one attached hydrogen (secondary N) is 1. The SMILES string of the molecule is CCCCC(COC)NC1CC2CCC1O2. The van der Waals surface area contributed by atoms with Crippen molar-refractivity contribution < 1.29 is 9.47 Å². The molecule has 2 bridgehead atoms. The van der Waals surface area contributed by atoms with Crippen molar-refractivity contribution in [2.24, 2.45) is 0 Å². The van der Waals surface area contributed by atoms with E-state index in [4.69, 9.17) is 9.47 Å². The molecule has 0 amide bonds. The molecule has 2 fully saturated rings. The van der Waals surface area contributed by atoms with E-state index < -0.39 is 0 Å². The molecule has 2 rings (SSSR count). The van der Waals surface area contributed by atoms with Gasteiger partial charge in [0.15, 0.2) is 0 Å². The Morgan fingerprint density at radius 3 is 2.88 bits per heavy atom. The molecule has 2 heterocycles. The summed E-state index contributed by atoms with van der Waals surface area (Å²) in [5.41, 5.74) is 0. The first-order valence-electron chi connectivity index (χ1n) is 6.74. The lowest BCUT2D eigenvalue weighted by molar-refractivity contribution is 0.0912. The van der Waals surface area contributed by atoms with Gasteiger partial charge in [0.05, 0.1) is 18.8 Å². The quantitative estimate of drug-likeness (QED) is 0.722. The molecule has 0 spiro atoms. The molecule has 1 N–H and O–H groups in total. The van der Waals surface area contributed by atoms with Gasteiger partial charge in [-0.05, 0) is 25.7 Å². The number of hydrogen-bond donors (Lipinski definition) is 1. The van der Waals surface area contributed by atoms with E-state index in [0.717, 1.165) is 6.61 Å². The molecular weight excluding hydrogens is 202 g/mol. The van der Waals surface area contributed by atoms with E-state index in [2.05, 4.69) is 12.2 Å². The molecule has 0 aromatic heterocycles. The van der Waals surface area contributed by atoms with Crippen molar-refractivity contribution in [1.82, 2.24) is 5.32 Å². The van der Waals surface area contributed by atoms with Gasteiger partial charge in [-0.2, -0.15) is 0 Å². The van der Waals surface area contributed by atoms with Crippen LogP contribution in [0.4, 0.5) is 0 Å². The Kier molecular flexibility index (Phi) is 4.62. The molecule has 3 nitrogen and oxygen atoms in total. The van der Waals surface area contributed by atoms with Gasteiger partial charge in [-0.15, -0.1) is 0 Å². The Balaban J connectivity index is 1.76. The Labute approximate surface area is 98.9 Å². The van der Waals surface area contributed by atoms with Crippen LogP contribution in [-0.2, 0) is 9.47 Å². The summed E-state index contributed by atoms with van der Waals surface area (Å²) in [7, 11) is 1.79. The van der Waals surface area contributed by atoms with Crippen molar-refractivity contribution >= 4 is 0 Å². The highest BCUT2D eigenvalue weighted by Gasteiger charge is 2.41. The molecule has 0 saturated carbocycles. The van der Waals surface area contributed by atoms with Crippen LogP contribution in [0.25, 0.3) is 0 Å². The van der Waals surface area contributed by atoms with Gasteiger partial charge in [-0.1, -0.05) is 19.8 Å². The fourth-order valence-corrected chi connectivity index (χ4v) is 2.98. The van der Waals surface area contributed by atoms with Gasteiger partial charge in [0.1, 0.15) is 0 Å². The maximum atomic E-state index is 5.87. The van der Waals surface area contributed by atoms with Crippen LogP contribution in [0.5, 0.6) is 0 Å². The zero-order valence-corrected chi connectivity index (χ0v) is 10.6. The van der Waals surface area contributed by atoms with Crippen molar-refractivity contribution in [3.05, 3.63) is 0 Å². The predicted molar refractivity (Wildman–Crippen MR) is 64.6 cm³/mol. The Morgan fingerprint density at radius 2 is 2.31 bits per heavy atom. The van der Waals surface area contributed by atoms with Crippen LogP contribution in [0.2, 0.25) is 0 Å². The third-order valence-electron chi connectivity index (χ3n) is 3.83. The van der Waals surface area contributed by atoms with Gasteiger partial charge in [0, 0.05) is 19.2 Å². The number of fused-ring (bicyclic) bond motifs is 2. The Bertz CT molecular complexity index is 210. The molecule has 4 unspecified atom stereocenters. The summed E-state index contributed by atoms with van der Waals surface area (Å²) >= 11 is 0. The largest absolute Gasteiger partial charge is 0.383 e. The number of ether oxygens (including phenoxy) is 2. The highest BCUT2D eigenvalue weighted by atomic mass is 16.5. The summed E-state index contributed by atoms with van der Waals surface area (Å²) in [5.74, 6) is 0. The first-order chi connectivity index (χ1) is 7.83. The summed E-state index contributed by atoms with van der Waals surface area (Å²) in [6.45, 7) is 3.07. The highest BCUT2D eigenvalue weighted by Crippen LogP contribution is 2.34. The standard InChI is InChI=1S/C13H25NO2/c1-3-4-5-10(9-15-2)14-12-8-11-6-7-13(12)16-11/h10-14H,3-9H2,1-2H3. The van der Waals surface area contributed by atoms with E-state index in [1.807, 2.05) is 0 Å². The monoisotopic (exact) mass is 227 g/mol. The van der Waals surface area contributed by atoms with Gasteiger partial charge in [0.25, 0.3) is 0 Å². The predicted octanol–water partition coefficient (Wildman–Crippen LogP) is 2.10. The Hall–Kier alpha value is -0.120. The lowest BCUT2D eigenvalue weighted by atomic mass is 9.94. The molecule has 94 valence electrons. The summed E-state index contributed by atoms with van der Waals surface area (Å²) in [6, 6.07) is 1.09. The fourth-order valence-electron chi connectivity index (χ4n) is 2.98. The van der Waals surface area contributed by atoms with E-state index in [1.54, 1.807) is 7.11 Å². The van der Waals surface area contributed by atoms with Crippen molar-refractivity contribution in [1.29, 1.82) is 0 Å². The molecule has 0 aliphatic carbocycles. The zero-order valence-electron chi connectivity index (χ0n) is 10.6. The first-order valence-corrected chi connectivity index (χ1v) is 6.74. The lowest BCUT2D eigenvalue weighted by Crippen LogP contribution is -2.45. The number of unbranched alkanes of at least 4 members (excludes halogenated alkanes) is 1. The molecule has 3 heteroatoms. The fraction of sp³-hybridized carbons (Fsp3) is 1.00. The highest BCUT2D eigenvalue weighted by molar-refractivity contribution is 4.95. The first kappa shape index (κ1) is 12.3. The molecule has 0 aromatic carbocycles. The van der Waals surface area contributed by atoms with Crippen LogP contribution in [0, 0.1) is 0 Å². The molecular formula is C13H25NO2. The van der Waals surface area contributed by atoms with Crippen molar-refractivity contribution in [2.75, 3.05) is 13.7 Å². The van der Waals surface area contributed by atoms with E-state index in [9.17, 15) is 0 Å². The summed E-state index contributed by atoms with van der Waals surface area (Å²) in [6.07, 6.45) is 8.50. The molecule has 0 radical (unpaired) electrons. The third kappa shape index (κ3) is 2.96. The second kappa shape index (κ2) is 5.99.